The van der Waals surface area contributed by atoms with Gasteiger partial charge in [0.25, 0.3) is 0 Å². The number of para-hydroxylation sites is 1. The van der Waals surface area contributed by atoms with Gasteiger partial charge in [-0.05, 0) is 24.6 Å². The zero-order valence-corrected chi connectivity index (χ0v) is 9.86. The third-order valence-corrected chi connectivity index (χ3v) is 2.95. The van der Waals surface area contributed by atoms with E-state index in [-0.39, 0.29) is 0 Å². The summed E-state index contributed by atoms with van der Waals surface area (Å²) >= 11 is 0. The van der Waals surface area contributed by atoms with Crippen LogP contribution in [0.25, 0.3) is 21.8 Å². The number of hydrogen-bond acceptors (Lipinski definition) is 1. The predicted octanol–water partition coefficient (Wildman–Crippen LogP) is 4.11. The zero-order chi connectivity index (χ0) is 11.7. The second-order valence-electron chi connectivity index (χ2n) is 4.23. The monoisotopic (exact) mass is 225 g/mol. The molecule has 0 unspecified atom stereocenters. The second kappa shape index (κ2) is 4.13. The van der Waals surface area contributed by atoms with Crippen LogP contribution in [0.1, 0.15) is 13.3 Å². The summed E-state index contributed by atoms with van der Waals surface area (Å²) in [6.07, 6.45) is 1.03. The lowest BCUT2D eigenvalue weighted by atomic mass is 10.1. The van der Waals surface area contributed by atoms with E-state index in [0.29, 0.717) is 0 Å². The number of nitrogens with one attached hydrogen (secondary N) is 1. The summed E-state index contributed by atoms with van der Waals surface area (Å²) in [7, 11) is 0. The van der Waals surface area contributed by atoms with Crippen LogP contribution < -0.4 is 4.74 Å². The van der Waals surface area contributed by atoms with Crippen LogP contribution in [0.5, 0.6) is 5.75 Å². The fourth-order valence-electron chi connectivity index (χ4n) is 2.14. The molecule has 0 atom stereocenters. The third-order valence-electron chi connectivity index (χ3n) is 2.95. The SMILES string of the molecule is CCCOc1ccc2c(c1)[nH]c1ccccc12. The molecule has 0 aliphatic carbocycles. The summed E-state index contributed by atoms with van der Waals surface area (Å²) in [6.45, 7) is 2.88. The Hall–Kier alpha value is -1.96. The molecule has 0 amide bonds. The first-order chi connectivity index (χ1) is 8.38. The van der Waals surface area contributed by atoms with E-state index in [2.05, 4.69) is 42.2 Å². The van der Waals surface area contributed by atoms with Gasteiger partial charge in [0.1, 0.15) is 5.75 Å². The molecule has 17 heavy (non-hydrogen) atoms. The molecule has 0 saturated heterocycles. The largest absolute Gasteiger partial charge is 0.494 e. The molecule has 0 saturated carbocycles. The van der Waals surface area contributed by atoms with Crippen molar-refractivity contribution in [3.05, 3.63) is 42.5 Å². The summed E-state index contributed by atoms with van der Waals surface area (Å²) < 4.78 is 5.64. The summed E-state index contributed by atoms with van der Waals surface area (Å²) in [6, 6.07) is 14.6. The smallest absolute Gasteiger partial charge is 0.121 e. The van der Waals surface area contributed by atoms with E-state index in [1.807, 2.05) is 12.1 Å². The first-order valence-electron chi connectivity index (χ1n) is 6.02. The number of aromatic nitrogens is 1. The molecule has 3 aromatic rings. The predicted molar refractivity (Wildman–Crippen MR) is 71.6 cm³/mol. The maximum atomic E-state index is 5.64. The maximum absolute atomic E-state index is 5.64. The van der Waals surface area contributed by atoms with Crippen LogP contribution in [-0.4, -0.2) is 11.6 Å². The standard InChI is InChI=1S/C15H15NO/c1-2-9-17-11-7-8-13-12-5-3-4-6-14(12)16-15(13)10-11/h3-8,10,16H,2,9H2,1H3. The van der Waals surface area contributed by atoms with Gasteiger partial charge in [0, 0.05) is 22.4 Å². The van der Waals surface area contributed by atoms with Crippen LogP contribution in [0.15, 0.2) is 42.5 Å². The highest BCUT2D eigenvalue weighted by Gasteiger charge is 2.04. The Kier molecular flexibility index (Phi) is 2.48. The minimum atomic E-state index is 0.770. The van der Waals surface area contributed by atoms with Gasteiger partial charge in [0.05, 0.1) is 12.1 Å². The molecule has 2 heteroatoms. The molecule has 1 heterocycles. The molecule has 1 N–H and O–H groups in total. The van der Waals surface area contributed by atoms with Crippen LogP contribution in [0.4, 0.5) is 0 Å². The Morgan fingerprint density at radius 2 is 1.82 bits per heavy atom. The van der Waals surface area contributed by atoms with Gasteiger partial charge in [-0.1, -0.05) is 25.1 Å². The van der Waals surface area contributed by atoms with Crippen LogP contribution in [-0.2, 0) is 0 Å². The lowest BCUT2D eigenvalue weighted by Crippen LogP contribution is -1.94. The molecule has 3 rings (SSSR count). The number of hydrogen-bond donors (Lipinski definition) is 1. The molecule has 1 aromatic heterocycles. The summed E-state index contributed by atoms with van der Waals surface area (Å²) in [5, 5.41) is 2.52. The molecule has 0 fully saturated rings. The average Bonchev–Trinajstić information content (AvgIpc) is 2.74. The Morgan fingerprint density at radius 1 is 1.00 bits per heavy atom. The molecule has 2 aromatic carbocycles. The first-order valence-corrected chi connectivity index (χ1v) is 6.02. The van der Waals surface area contributed by atoms with Gasteiger partial charge in [0.2, 0.25) is 0 Å². The van der Waals surface area contributed by atoms with E-state index >= 15 is 0 Å². The highest BCUT2D eigenvalue weighted by atomic mass is 16.5. The third kappa shape index (κ3) is 1.76. The first kappa shape index (κ1) is 10.2. The lowest BCUT2D eigenvalue weighted by Gasteiger charge is -2.03. The number of aromatic amines is 1. The molecule has 0 bridgehead atoms. The quantitative estimate of drug-likeness (QED) is 0.713. The average molecular weight is 225 g/mol. The molecule has 86 valence electrons. The maximum Gasteiger partial charge on any atom is 0.121 e. The van der Waals surface area contributed by atoms with Gasteiger partial charge in [-0.25, -0.2) is 0 Å². The number of fused-ring (bicyclic) bond motifs is 3. The van der Waals surface area contributed by atoms with E-state index in [9.17, 15) is 0 Å². The van der Waals surface area contributed by atoms with Gasteiger partial charge >= 0.3 is 0 Å². The summed E-state index contributed by atoms with van der Waals surface area (Å²) in [5.41, 5.74) is 2.31. The number of rotatable bonds is 3. The minimum absolute atomic E-state index is 0.770. The molecule has 0 spiro atoms. The van der Waals surface area contributed by atoms with Crippen molar-refractivity contribution in [1.29, 1.82) is 0 Å². The van der Waals surface area contributed by atoms with Crippen molar-refractivity contribution in [2.75, 3.05) is 6.61 Å². The lowest BCUT2D eigenvalue weighted by molar-refractivity contribution is 0.318. The van der Waals surface area contributed by atoms with Gasteiger partial charge in [-0.3, -0.25) is 0 Å². The highest BCUT2D eigenvalue weighted by molar-refractivity contribution is 6.07. The second-order valence-corrected chi connectivity index (χ2v) is 4.23. The molecule has 0 aliphatic heterocycles. The fraction of sp³-hybridized carbons (Fsp3) is 0.200. The molecular weight excluding hydrogens is 210 g/mol. The van der Waals surface area contributed by atoms with Gasteiger partial charge in [0.15, 0.2) is 0 Å². The number of H-pyrrole nitrogens is 1. The van der Waals surface area contributed by atoms with Crippen molar-refractivity contribution in [2.45, 2.75) is 13.3 Å². The normalized spacial score (nSPS) is 11.1. The van der Waals surface area contributed by atoms with Crippen LogP contribution >= 0.6 is 0 Å². The van der Waals surface area contributed by atoms with Gasteiger partial charge < -0.3 is 9.72 Å². The van der Waals surface area contributed by atoms with E-state index in [1.54, 1.807) is 0 Å². The summed E-state index contributed by atoms with van der Waals surface area (Å²) in [5.74, 6) is 0.936. The zero-order valence-electron chi connectivity index (χ0n) is 9.86. The van der Waals surface area contributed by atoms with E-state index in [4.69, 9.17) is 4.74 Å². The van der Waals surface area contributed by atoms with Gasteiger partial charge in [-0.15, -0.1) is 0 Å². The Balaban J connectivity index is 2.13. The Labute approximate surface area is 100 Å². The van der Waals surface area contributed by atoms with Crippen molar-refractivity contribution in [3.63, 3.8) is 0 Å². The Morgan fingerprint density at radius 3 is 2.71 bits per heavy atom. The topological polar surface area (TPSA) is 25.0 Å². The number of benzene rings is 2. The fourth-order valence-corrected chi connectivity index (χ4v) is 2.14. The van der Waals surface area contributed by atoms with Crippen molar-refractivity contribution in [1.82, 2.24) is 4.98 Å². The van der Waals surface area contributed by atoms with Crippen molar-refractivity contribution in [2.24, 2.45) is 0 Å². The van der Waals surface area contributed by atoms with Crippen LogP contribution in [0, 0.1) is 0 Å². The van der Waals surface area contributed by atoms with Crippen molar-refractivity contribution < 1.29 is 4.74 Å². The van der Waals surface area contributed by atoms with Crippen molar-refractivity contribution in [3.8, 4) is 5.75 Å². The number of ether oxygens (including phenoxy) is 1. The Bertz CT molecular complexity index is 654. The van der Waals surface area contributed by atoms with Crippen LogP contribution in [0.3, 0.4) is 0 Å². The highest BCUT2D eigenvalue weighted by Crippen LogP contribution is 2.28. The van der Waals surface area contributed by atoms with E-state index < -0.39 is 0 Å². The molecule has 0 aliphatic rings. The van der Waals surface area contributed by atoms with Crippen molar-refractivity contribution >= 4 is 21.8 Å². The van der Waals surface area contributed by atoms with Gasteiger partial charge in [-0.2, -0.15) is 0 Å². The van der Waals surface area contributed by atoms with E-state index in [0.717, 1.165) is 24.3 Å². The van der Waals surface area contributed by atoms with E-state index in [1.165, 1.54) is 16.3 Å². The molecule has 2 nitrogen and oxygen atoms in total. The molecule has 0 radical (unpaired) electrons. The summed E-state index contributed by atoms with van der Waals surface area (Å²) in [4.78, 5) is 3.41. The minimum Gasteiger partial charge on any atom is -0.494 e. The van der Waals surface area contributed by atoms with Crippen LogP contribution in [0.2, 0.25) is 0 Å². The molecular formula is C15H15NO.